The molecule has 3 rings (SSSR count). The van der Waals surface area contributed by atoms with E-state index in [0.717, 1.165) is 15.7 Å². The second-order valence-corrected chi connectivity index (χ2v) is 7.03. The largest absolute Gasteiger partial charge is 0.454 e. The molecule has 0 aliphatic carbocycles. The number of hydrogen-bond acceptors (Lipinski definition) is 6. The summed E-state index contributed by atoms with van der Waals surface area (Å²) in [7, 11) is 0. The number of aromatic nitrogens is 2. The molecular formula is C23H23N3O5. The highest BCUT2D eigenvalue weighted by atomic mass is 16.5. The van der Waals surface area contributed by atoms with Gasteiger partial charge in [-0.05, 0) is 31.5 Å². The van der Waals surface area contributed by atoms with E-state index >= 15 is 0 Å². The molecule has 0 saturated heterocycles. The first kappa shape index (κ1) is 21.8. The van der Waals surface area contributed by atoms with Gasteiger partial charge in [-0.1, -0.05) is 48.0 Å². The second-order valence-electron chi connectivity index (χ2n) is 7.03. The van der Waals surface area contributed by atoms with Gasteiger partial charge in [-0.25, -0.2) is 9.59 Å². The summed E-state index contributed by atoms with van der Waals surface area (Å²) in [6.07, 6.45) is 0. The third kappa shape index (κ3) is 4.63. The van der Waals surface area contributed by atoms with Gasteiger partial charge in [-0.2, -0.15) is 0 Å². The van der Waals surface area contributed by atoms with E-state index in [1.54, 1.807) is 37.3 Å². The van der Waals surface area contributed by atoms with Gasteiger partial charge in [0.15, 0.2) is 6.61 Å². The zero-order chi connectivity index (χ0) is 22.5. The van der Waals surface area contributed by atoms with Gasteiger partial charge < -0.3 is 10.5 Å². The first-order chi connectivity index (χ1) is 14.8. The lowest BCUT2D eigenvalue weighted by Gasteiger charge is -2.16. The molecule has 0 bridgehead atoms. The van der Waals surface area contributed by atoms with Gasteiger partial charge in [-0.3, -0.25) is 18.7 Å². The number of benzene rings is 2. The molecule has 31 heavy (non-hydrogen) atoms. The van der Waals surface area contributed by atoms with Crippen LogP contribution in [0.4, 0.5) is 5.82 Å². The van der Waals surface area contributed by atoms with E-state index in [2.05, 4.69) is 0 Å². The van der Waals surface area contributed by atoms with Crippen LogP contribution in [0.25, 0.3) is 0 Å². The number of aryl methyl sites for hydroxylation is 1. The normalized spacial score (nSPS) is 10.6. The zero-order valence-corrected chi connectivity index (χ0v) is 17.3. The second kappa shape index (κ2) is 9.25. The summed E-state index contributed by atoms with van der Waals surface area (Å²) in [4.78, 5) is 50.5. The summed E-state index contributed by atoms with van der Waals surface area (Å²) < 4.78 is 7.21. The Balaban J connectivity index is 1.93. The minimum absolute atomic E-state index is 0.0656. The molecule has 0 unspecified atom stereocenters. The van der Waals surface area contributed by atoms with E-state index in [0.29, 0.717) is 5.56 Å². The van der Waals surface area contributed by atoms with Crippen molar-refractivity contribution in [3.05, 3.63) is 97.7 Å². The van der Waals surface area contributed by atoms with Crippen LogP contribution < -0.4 is 17.0 Å². The average molecular weight is 421 g/mol. The van der Waals surface area contributed by atoms with Crippen LogP contribution in [0.2, 0.25) is 0 Å². The number of anilines is 1. The fourth-order valence-corrected chi connectivity index (χ4v) is 3.23. The van der Waals surface area contributed by atoms with Gasteiger partial charge in [0, 0.05) is 6.54 Å². The molecule has 0 radical (unpaired) electrons. The van der Waals surface area contributed by atoms with Crippen LogP contribution in [-0.2, 0) is 17.8 Å². The molecule has 0 aliphatic rings. The van der Waals surface area contributed by atoms with Crippen molar-refractivity contribution in [2.24, 2.45) is 0 Å². The van der Waals surface area contributed by atoms with E-state index in [1.165, 1.54) is 4.57 Å². The van der Waals surface area contributed by atoms with Crippen molar-refractivity contribution in [1.82, 2.24) is 9.13 Å². The fraction of sp³-hybridized carbons (Fsp3) is 0.217. The van der Waals surface area contributed by atoms with Crippen LogP contribution in [0, 0.1) is 6.92 Å². The Bertz CT molecular complexity index is 1240. The van der Waals surface area contributed by atoms with Crippen molar-refractivity contribution >= 4 is 17.6 Å². The minimum Gasteiger partial charge on any atom is -0.454 e. The molecule has 3 aromatic rings. The Kier molecular flexibility index (Phi) is 6.49. The predicted molar refractivity (Wildman–Crippen MR) is 116 cm³/mol. The molecule has 0 amide bonds. The number of hydrogen-bond donors (Lipinski definition) is 1. The summed E-state index contributed by atoms with van der Waals surface area (Å²) in [5.74, 6) is -1.71. The van der Waals surface area contributed by atoms with Crippen LogP contribution in [-0.4, -0.2) is 27.5 Å². The first-order valence-electron chi connectivity index (χ1n) is 9.77. The van der Waals surface area contributed by atoms with Crippen molar-refractivity contribution < 1.29 is 14.3 Å². The Morgan fingerprint density at radius 1 is 1.00 bits per heavy atom. The topological polar surface area (TPSA) is 113 Å². The number of esters is 1. The van der Waals surface area contributed by atoms with Crippen molar-refractivity contribution in [2.45, 2.75) is 26.9 Å². The molecule has 1 heterocycles. The lowest BCUT2D eigenvalue weighted by Crippen LogP contribution is -2.44. The summed E-state index contributed by atoms with van der Waals surface area (Å²) in [6.45, 7) is 2.94. The maximum atomic E-state index is 12.8. The molecule has 0 spiro atoms. The van der Waals surface area contributed by atoms with E-state index in [9.17, 15) is 19.2 Å². The highest BCUT2D eigenvalue weighted by molar-refractivity contribution is 6.02. The summed E-state index contributed by atoms with van der Waals surface area (Å²) in [5, 5.41) is 0. The molecular weight excluding hydrogens is 398 g/mol. The molecule has 2 aromatic carbocycles. The van der Waals surface area contributed by atoms with Crippen LogP contribution in [0.5, 0.6) is 0 Å². The van der Waals surface area contributed by atoms with Crippen molar-refractivity contribution in [3.63, 3.8) is 0 Å². The molecule has 0 atom stereocenters. The molecule has 1 aromatic heterocycles. The smallest absolute Gasteiger partial charge is 0.338 e. The lowest BCUT2D eigenvalue weighted by molar-refractivity contribution is 0.0474. The number of Topliss-reactive ketones (excluding diaryl/α,β-unsaturated/α-hetero) is 1. The number of ketones is 1. The number of carbonyl (C=O) groups excluding carboxylic acids is 2. The quantitative estimate of drug-likeness (QED) is 0.461. The molecule has 0 aliphatic heterocycles. The third-order valence-corrected chi connectivity index (χ3v) is 4.83. The van der Waals surface area contributed by atoms with Gasteiger partial charge in [0.05, 0.1) is 12.1 Å². The Morgan fingerprint density at radius 2 is 1.71 bits per heavy atom. The standard InChI is InChI=1S/C23H23N3O5/c1-3-25-21(28)19(18(27)14-31-22(29)17-11-7-8-15(2)12-17)20(24)26(23(25)30)13-16-9-5-4-6-10-16/h4-12H,3,13-14,24H2,1-2H3. The van der Waals surface area contributed by atoms with Crippen LogP contribution >= 0.6 is 0 Å². The Labute approximate surface area is 178 Å². The minimum atomic E-state index is -0.800. The molecule has 160 valence electrons. The monoisotopic (exact) mass is 421 g/mol. The maximum absolute atomic E-state index is 12.8. The predicted octanol–water partition coefficient (Wildman–Crippen LogP) is 2.01. The molecule has 2 N–H and O–H groups in total. The van der Waals surface area contributed by atoms with Crippen molar-refractivity contribution in [1.29, 1.82) is 0 Å². The number of nitrogens with two attached hydrogens (primary N) is 1. The Morgan fingerprint density at radius 3 is 2.35 bits per heavy atom. The lowest BCUT2D eigenvalue weighted by atomic mass is 10.1. The van der Waals surface area contributed by atoms with Gasteiger partial charge in [0.2, 0.25) is 5.78 Å². The van der Waals surface area contributed by atoms with Gasteiger partial charge in [0.25, 0.3) is 5.56 Å². The number of carbonyl (C=O) groups is 2. The maximum Gasteiger partial charge on any atom is 0.338 e. The average Bonchev–Trinajstić information content (AvgIpc) is 2.76. The Hall–Kier alpha value is -3.94. The van der Waals surface area contributed by atoms with Crippen molar-refractivity contribution in [3.8, 4) is 0 Å². The van der Waals surface area contributed by atoms with Crippen LogP contribution in [0.15, 0.2) is 64.2 Å². The summed E-state index contributed by atoms with van der Waals surface area (Å²) in [6, 6.07) is 15.8. The molecule has 0 fully saturated rings. The molecule has 8 nitrogen and oxygen atoms in total. The molecule has 8 heteroatoms. The summed E-state index contributed by atoms with van der Waals surface area (Å²) in [5.41, 5.74) is 6.24. The number of nitrogen functional groups attached to an aromatic ring is 1. The van der Waals surface area contributed by atoms with Gasteiger partial charge >= 0.3 is 11.7 Å². The van der Waals surface area contributed by atoms with E-state index in [-0.39, 0.29) is 24.5 Å². The van der Waals surface area contributed by atoms with E-state index < -0.39 is 29.6 Å². The third-order valence-electron chi connectivity index (χ3n) is 4.83. The highest BCUT2D eigenvalue weighted by Crippen LogP contribution is 2.11. The fourth-order valence-electron chi connectivity index (χ4n) is 3.23. The highest BCUT2D eigenvalue weighted by Gasteiger charge is 2.23. The molecule has 0 saturated carbocycles. The summed E-state index contributed by atoms with van der Waals surface area (Å²) >= 11 is 0. The number of rotatable bonds is 7. The first-order valence-corrected chi connectivity index (χ1v) is 9.77. The van der Waals surface area contributed by atoms with E-state index in [4.69, 9.17) is 10.5 Å². The SMILES string of the molecule is CCn1c(=O)c(C(=O)COC(=O)c2cccc(C)c2)c(N)n(Cc2ccccc2)c1=O. The number of ether oxygens (including phenoxy) is 1. The van der Waals surface area contributed by atoms with Crippen molar-refractivity contribution in [2.75, 3.05) is 12.3 Å². The van der Waals surface area contributed by atoms with Gasteiger partial charge in [0.1, 0.15) is 11.4 Å². The zero-order valence-electron chi connectivity index (χ0n) is 17.3. The van der Waals surface area contributed by atoms with Crippen LogP contribution in [0.3, 0.4) is 0 Å². The van der Waals surface area contributed by atoms with Crippen LogP contribution in [0.1, 0.15) is 38.8 Å². The number of nitrogens with zero attached hydrogens (tertiary/aromatic N) is 2. The van der Waals surface area contributed by atoms with Gasteiger partial charge in [-0.15, -0.1) is 0 Å². The van der Waals surface area contributed by atoms with E-state index in [1.807, 2.05) is 31.2 Å².